The minimum absolute atomic E-state index is 0.0505. The van der Waals surface area contributed by atoms with Gasteiger partial charge in [0.1, 0.15) is 6.04 Å². The molecule has 1 atom stereocenters. The van der Waals surface area contributed by atoms with Gasteiger partial charge in [0.2, 0.25) is 11.8 Å². The van der Waals surface area contributed by atoms with E-state index in [1.165, 1.54) is 0 Å². The highest BCUT2D eigenvalue weighted by Crippen LogP contribution is 2.24. The van der Waals surface area contributed by atoms with Crippen molar-refractivity contribution >= 4 is 50.9 Å². The van der Waals surface area contributed by atoms with Crippen molar-refractivity contribution in [3.05, 3.63) is 104 Å². The van der Waals surface area contributed by atoms with E-state index in [4.69, 9.17) is 23.2 Å². The molecule has 178 valence electrons. The molecular weight excluding hydrogens is 535 g/mol. The maximum absolute atomic E-state index is 13.7. The van der Waals surface area contributed by atoms with E-state index >= 15 is 0 Å². The summed E-state index contributed by atoms with van der Waals surface area (Å²) in [5.41, 5.74) is 2.65. The van der Waals surface area contributed by atoms with Crippen LogP contribution in [0.25, 0.3) is 0 Å². The Bertz CT molecular complexity index is 1120. The quantitative estimate of drug-likeness (QED) is 0.326. The van der Waals surface area contributed by atoms with Gasteiger partial charge in [-0.2, -0.15) is 0 Å². The van der Waals surface area contributed by atoms with Gasteiger partial charge in [-0.05, 0) is 54.8 Å². The van der Waals surface area contributed by atoms with Crippen LogP contribution >= 0.6 is 39.1 Å². The molecule has 0 spiro atoms. The predicted octanol–water partition coefficient (Wildman–Crippen LogP) is 6.46. The highest BCUT2D eigenvalue weighted by molar-refractivity contribution is 9.10. The van der Waals surface area contributed by atoms with Crippen LogP contribution in [-0.2, 0) is 29.0 Å². The maximum atomic E-state index is 13.7. The molecule has 0 aliphatic carbocycles. The predicted molar refractivity (Wildman–Crippen MR) is 142 cm³/mol. The molecule has 0 heterocycles. The molecule has 0 fully saturated rings. The third kappa shape index (κ3) is 7.59. The lowest BCUT2D eigenvalue weighted by atomic mass is 10.0. The minimum atomic E-state index is -0.677. The molecule has 0 aliphatic rings. The van der Waals surface area contributed by atoms with Crippen LogP contribution in [0.1, 0.15) is 30.5 Å². The Labute approximate surface area is 219 Å². The molecule has 4 nitrogen and oxygen atoms in total. The summed E-state index contributed by atoms with van der Waals surface area (Å²) >= 11 is 15.7. The molecule has 34 heavy (non-hydrogen) atoms. The Morgan fingerprint density at radius 3 is 2.15 bits per heavy atom. The van der Waals surface area contributed by atoms with Gasteiger partial charge in [-0.15, -0.1) is 0 Å². The van der Waals surface area contributed by atoms with Crippen molar-refractivity contribution in [2.75, 3.05) is 0 Å². The van der Waals surface area contributed by atoms with Crippen LogP contribution in [0.2, 0.25) is 10.0 Å². The van der Waals surface area contributed by atoms with E-state index < -0.39 is 6.04 Å². The van der Waals surface area contributed by atoms with Gasteiger partial charge in [-0.3, -0.25) is 9.59 Å². The molecule has 0 radical (unpaired) electrons. The number of hydrogen-bond acceptors (Lipinski definition) is 2. The van der Waals surface area contributed by atoms with Crippen molar-refractivity contribution in [2.45, 2.75) is 45.3 Å². The summed E-state index contributed by atoms with van der Waals surface area (Å²) in [4.78, 5) is 28.7. The first-order chi connectivity index (χ1) is 16.2. The van der Waals surface area contributed by atoms with E-state index in [1.54, 1.807) is 23.1 Å². The maximum Gasteiger partial charge on any atom is 0.243 e. The average molecular weight is 562 g/mol. The lowest BCUT2D eigenvalue weighted by Gasteiger charge is -2.32. The molecule has 7 heteroatoms. The fraction of sp³-hybridized carbons (Fsp3) is 0.259. The summed E-state index contributed by atoms with van der Waals surface area (Å²) in [6.07, 6.45) is 0.511. The molecule has 1 N–H and O–H groups in total. The molecule has 0 aliphatic heterocycles. The first kappa shape index (κ1) is 26.3. The number of carbonyl (C=O) groups excluding carboxylic acids is 2. The molecule has 0 bridgehead atoms. The fourth-order valence-electron chi connectivity index (χ4n) is 3.65. The standard InChI is InChI=1S/C27H27BrCl2N2O2/c1-18(2)31-27(34)25(15-19-6-4-3-5-7-19)32(17-20-8-11-22(28)12-9-20)26(33)16-21-10-13-23(29)24(30)14-21/h3-14,18,25H,15-17H2,1-2H3,(H,31,34). The van der Waals surface area contributed by atoms with Gasteiger partial charge >= 0.3 is 0 Å². The van der Waals surface area contributed by atoms with E-state index in [-0.39, 0.29) is 24.3 Å². The van der Waals surface area contributed by atoms with E-state index in [0.717, 1.165) is 21.2 Å². The van der Waals surface area contributed by atoms with Crippen molar-refractivity contribution in [1.82, 2.24) is 10.2 Å². The lowest BCUT2D eigenvalue weighted by Crippen LogP contribution is -2.52. The number of rotatable bonds is 9. The summed E-state index contributed by atoms with van der Waals surface area (Å²) in [6.45, 7) is 4.12. The lowest BCUT2D eigenvalue weighted by molar-refractivity contribution is -0.141. The van der Waals surface area contributed by atoms with Crippen LogP contribution < -0.4 is 5.32 Å². The Kier molecular flexibility index (Phi) is 9.57. The third-order valence-electron chi connectivity index (χ3n) is 5.31. The number of benzene rings is 3. The number of nitrogens with one attached hydrogen (secondary N) is 1. The van der Waals surface area contributed by atoms with E-state index in [1.807, 2.05) is 68.4 Å². The van der Waals surface area contributed by atoms with E-state index in [9.17, 15) is 9.59 Å². The van der Waals surface area contributed by atoms with Gasteiger partial charge in [-0.1, -0.05) is 87.7 Å². The Balaban J connectivity index is 1.97. The summed E-state index contributed by atoms with van der Waals surface area (Å²) in [7, 11) is 0. The van der Waals surface area contributed by atoms with Crippen LogP contribution in [-0.4, -0.2) is 28.8 Å². The summed E-state index contributed by atoms with van der Waals surface area (Å²) < 4.78 is 0.948. The van der Waals surface area contributed by atoms with Gasteiger partial charge in [0, 0.05) is 23.5 Å². The van der Waals surface area contributed by atoms with E-state index in [2.05, 4.69) is 21.2 Å². The monoisotopic (exact) mass is 560 g/mol. The van der Waals surface area contributed by atoms with Crippen molar-refractivity contribution in [3.8, 4) is 0 Å². The molecule has 3 rings (SSSR count). The minimum Gasteiger partial charge on any atom is -0.352 e. The van der Waals surface area contributed by atoms with Crippen LogP contribution in [0, 0.1) is 0 Å². The Morgan fingerprint density at radius 1 is 0.882 bits per heavy atom. The average Bonchev–Trinajstić information content (AvgIpc) is 2.80. The first-order valence-electron chi connectivity index (χ1n) is 11.0. The zero-order valence-electron chi connectivity index (χ0n) is 19.1. The topological polar surface area (TPSA) is 49.4 Å². The second kappa shape index (κ2) is 12.4. The summed E-state index contributed by atoms with van der Waals surface area (Å²) in [6, 6.07) is 21.9. The molecule has 2 amide bonds. The van der Waals surface area contributed by atoms with Crippen molar-refractivity contribution < 1.29 is 9.59 Å². The number of hydrogen-bond donors (Lipinski definition) is 1. The number of carbonyl (C=O) groups is 2. The second-order valence-corrected chi connectivity index (χ2v) is 10.2. The third-order valence-corrected chi connectivity index (χ3v) is 6.58. The summed E-state index contributed by atoms with van der Waals surface area (Å²) in [5, 5.41) is 3.82. The SMILES string of the molecule is CC(C)NC(=O)C(Cc1ccccc1)N(Cc1ccc(Br)cc1)C(=O)Cc1ccc(Cl)c(Cl)c1. The Hall–Kier alpha value is -2.34. The summed E-state index contributed by atoms with van der Waals surface area (Å²) in [5.74, 6) is -0.348. The van der Waals surface area contributed by atoms with Crippen LogP contribution in [0.5, 0.6) is 0 Å². The molecular formula is C27H27BrCl2N2O2. The number of nitrogens with zero attached hydrogens (tertiary/aromatic N) is 1. The molecule has 3 aromatic rings. The second-order valence-electron chi connectivity index (χ2n) is 8.44. The van der Waals surface area contributed by atoms with Crippen LogP contribution in [0.3, 0.4) is 0 Å². The zero-order chi connectivity index (χ0) is 24.7. The molecule has 1 unspecified atom stereocenters. The molecule has 0 saturated heterocycles. The van der Waals surface area contributed by atoms with Gasteiger partial charge < -0.3 is 10.2 Å². The first-order valence-corrected chi connectivity index (χ1v) is 12.6. The highest BCUT2D eigenvalue weighted by Gasteiger charge is 2.30. The Morgan fingerprint density at radius 2 is 1.53 bits per heavy atom. The van der Waals surface area contributed by atoms with Crippen LogP contribution in [0.4, 0.5) is 0 Å². The molecule has 3 aromatic carbocycles. The van der Waals surface area contributed by atoms with Gasteiger partial charge in [0.05, 0.1) is 16.5 Å². The highest BCUT2D eigenvalue weighted by atomic mass is 79.9. The van der Waals surface area contributed by atoms with Gasteiger partial charge in [0.25, 0.3) is 0 Å². The van der Waals surface area contributed by atoms with Crippen molar-refractivity contribution in [1.29, 1.82) is 0 Å². The zero-order valence-corrected chi connectivity index (χ0v) is 22.2. The smallest absolute Gasteiger partial charge is 0.243 e. The van der Waals surface area contributed by atoms with Gasteiger partial charge in [-0.25, -0.2) is 0 Å². The largest absolute Gasteiger partial charge is 0.352 e. The fourth-order valence-corrected chi connectivity index (χ4v) is 4.23. The number of amides is 2. The van der Waals surface area contributed by atoms with E-state index in [0.29, 0.717) is 23.0 Å². The van der Waals surface area contributed by atoms with Crippen molar-refractivity contribution in [2.24, 2.45) is 0 Å². The van der Waals surface area contributed by atoms with Crippen LogP contribution in [0.15, 0.2) is 77.3 Å². The normalized spacial score (nSPS) is 11.8. The molecule has 0 aromatic heterocycles. The molecule has 0 saturated carbocycles. The van der Waals surface area contributed by atoms with Gasteiger partial charge in [0.15, 0.2) is 0 Å². The van der Waals surface area contributed by atoms with Crippen molar-refractivity contribution in [3.63, 3.8) is 0 Å². The number of halogens is 3.